The lowest BCUT2D eigenvalue weighted by Crippen LogP contribution is -2.39. The Morgan fingerprint density at radius 2 is 2.12 bits per heavy atom. The van der Waals surface area contributed by atoms with Gasteiger partial charge in [0.2, 0.25) is 15.9 Å². The topological polar surface area (TPSA) is 66.5 Å². The first kappa shape index (κ1) is 17.2. The lowest BCUT2D eigenvalue weighted by atomic mass is 9.94. The highest BCUT2D eigenvalue weighted by molar-refractivity contribution is 7.89. The first-order valence-corrected chi connectivity index (χ1v) is 10.0. The molecule has 3 rings (SSSR count). The van der Waals surface area contributed by atoms with Gasteiger partial charge in [-0.2, -0.15) is 0 Å². The maximum atomic E-state index is 12.5. The monoisotopic (exact) mass is 348 g/mol. The minimum absolute atomic E-state index is 0.0740. The van der Waals surface area contributed by atoms with Crippen LogP contribution < -0.4 is 4.72 Å². The largest absolute Gasteiger partial charge is 0.338 e. The van der Waals surface area contributed by atoms with Crippen molar-refractivity contribution < 1.29 is 13.2 Å². The minimum atomic E-state index is -3.47. The number of amides is 1. The average Bonchev–Trinajstić information content (AvgIpc) is 2.55. The van der Waals surface area contributed by atoms with Crippen LogP contribution in [-0.2, 0) is 27.8 Å². The minimum Gasteiger partial charge on any atom is -0.338 e. The van der Waals surface area contributed by atoms with Crippen molar-refractivity contribution in [1.82, 2.24) is 9.62 Å². The summed E-state index contributed by atoms with van der Waals surface area (Å²) in [5, 5.41) is 0. The SMILES string of the molecule is C/C=C/CC(=O)N1CCc2ccc(S(=O)(=O)NC3CCC3)cc2C1. The molecule has 1 aromatic rings. The summed E-state index contributed by atoms with van der Waals surface area (Å²) in [4.78, 5) is 14.3. The summed E-state index contributed by atoms with van der Waals surface area (Å²) in [6, 6.07) is 5.37. The normalized spacial score (nSPS) is 18.5. The molecule has 1 amide bonds. The molecule has 1 aliphatic carbocycles. The van der Waals surface area contributed by atoms with Gasteiger partial charge in [0.05, 0.1) is 4.90 Å². The van der Waals surface area contributed by atoms with E-state index in [-0.39, 0.29) is 11.9 Å². The molecule has 1 fully saturated rings. The number of carbonyl (C=O) groups is 1. The molecule has 5 nitrogen and oxygen atoms in total. The van der Waals surface area contributed by atoms with E-state index in [1.165, 1.54) is 0 Å². The quantitative estimate of drug-likeness (QED) is 0.831. The van der Waals surface area contributed by atoms with Crippen LogP contribution in [0.5, 0.6) is 0 Å². The number of rotatable bonds is 5. The molecule has 1 saturated carbocycles. The van der Waals surface area contributed by atoms with Gasteiger partial charge >= 0.3 is 0 Å². The summed E-state index contributed by atoms with van der Waals surface area (Å²) in [6.45, 7) is 3.07. The number of allylic oxidation sites excluding steroid dienone is 1. The molecule has 0 bridgehead atoms. The van der Waals surface area contributed by atoms with Crippen molar-refractivity contribution in [1.29, 1.82) is 0 Å². The van der Waals surface area contributed by atoms with Gasteiger partial charge < -0.3 is 4.90 Å². The van der Waals surface area contributed by atoms with Crippen molar-refractivity contribution in [2.24, 2.45) is 0 Å². The van der Waals surface area contributed by atoms with E-state index in [0.717, 1.165) is 36.8 Å². The van der Waals surface area contributed by atoms with Gasteiger partial charge in [0.25, 0.3) is 0 Å². The smallest absolute Gasteiger partial charge is 0.240 e. The molecule has 0 atom stereocenters. The van der Waals surface area contributed by atoms with Crippen LogP contribution >= 0.6 is 0 Å². The Morgan fingerprint density at radius 3 is 2.79 bits per heavy atom. The van der Waals surface area contributed by atoms with Gasteiger partial charge in [0.15, 0.2) is 0 Å². The number of nitrogens with zero attached hydrogens (tertiary/aromatic N) is 1. The van der Waals surface area contributed by atoms with Gasteiger partial charge in [-0.05, 0) is 49.4 Å². The number of fused-ring (bicyclic) bond motifs is 1. The number of hydrogen-bond acceptors (Lipinski definition) is 3. The van der Waals surface area contributed by atoms with Crippen LogP contribution in [0.15, 0.2) is 35.2 Å². The standard InChI is InChI=1S/C18H24N2O3S/c1-2-3-7-18(21)20-11-10-14-8-9-17(12-15(14)13-20)24(22,23)19-16-5-4-6-16/h2-3,8-9,12,16,19H,4-7,10-11,13H2,1H3/b3-2+. The number of benzene rings is 1. The molecule has 0 radical (unpaired) electrons. The van der Waals surface area contributed by atoms with Gasteiger partial charge in [0, 0.05) is 25.6 Å². The van der Waals surface area contributed by atoms with Crippen molar-refractivity contribution in [2.75, 3.05) is 6.54 Å². The van der Waals surface area contributed by atoms with Gasteiger partial charge in [-0.1, -0.05) is 24.6 Å². The Morgan fingerprint density at radius 1 is 1.33 bits per heavy atom. The van der Waals surface area contributed by atoms with Crippen LogP contribution in [0.25, 0.3) is 0 Å². The van der Waals surface area contributed by atoms with E-state index in [1.807, 2.05) is 25.1 Å². The fourth-order valence-corrected chi connectivity index (χ4v) is 4.43. The van der Waals surface area contributed by atoms with E-state index in [2.05, 4.69) is 4.72 Å². The van der Waals surface area contributed by atoms with Crippen molar-refractivity contribution in [2.45, 2.75) is 56.5 Å². The number of nitrogens with one attached hydrogen (secondary N) is 1. The fraction of sp³-hybridized carbons (Fsp3) is 0.500. The number of hydrogen-bond donors (Lipinski definition) is 1. The highest BCUT2D eigenvalue weighted by Gasteiger charge is 2.26. The Bertz CT molecular complexity index is 752. The molecule has 6 heteroatoms. The van der Waals surface area contributed by atoms with E-state index < -0.39 is 10.0 Å². The zero-order valence-corrected chi connectivity index (χ0v) is 14.8. The molecule has 24 heavy (non-hydrogen) atoms. The molecule has 1 heterocycles. The van der Waals surface area contributed by atoms with Crippen molar-refractivity contribution in [3.05, 3.63) is 41.5 Å². The van der Waals surface area contributed by atoms with Gasteiger partial charge in [-0.25, -0.2) is 13.1 Å². The average molecular weight is 348 g/mol. The van der Waals surface area contributed by atoms with Gasteiger partial charge in [0.1, 0.15) is 0 Å². The Hall–Kier alpha value is -1.66. The summed E-state index contributed by atoms with van der Waals surface area (Å²) in [7, 11) is -3.47. The molecule has 0 aromatic heterocycles. The van der Waals surface area contributed by atoms with E-state index in [4.69, 9.17) is 0 Å². The van der Waals surface area contributed by atoms with Crippen LogP contribution in [-0.4, -0.2) is 31.8 Å². The molecule has 0 unspecified atom stereocenters. The summed E-state index contributed by atoms with van der Waals surface area (Å²) in [5.41, 5.74) is 2.07. The van der Waals surface area contributed by atoms with Crippen LogP contribution in [0.2, 0.25) is 0 Å². The lowest BCUT2D eigenvalue weighted by Gasteiger charge is -2.29. The molecule has 0 saturated heterocycles. The van der Waals surface area contributed by atoms with Crippen LogP contribution in [0.1, 0.15) is 43.7 Å². The molecular formula is C18H24N2O3S. The van der Waals surface area contributed by atoms with Crippen LogP contribution in [0.4, 0.5) is 0 Å². The predicted octanol–water partition coefficient (Wildman–Crippen LogP) is 2.37. The number of carbonyl (C=O) groups excluding carboxylic acids is 1. The maximum Gasteiger partial charge on any atom is 0.240 e. The fourth-order valence-electron chi connectivity index (χ4n) is 3.07. The Labute approximate surface area is 143 Å². The first-order chi connectivity index (χ1) is 11.5. The van der Waals surface area contributed by atoms with Crippen molar-refractivity contribution in [3.8, 4) is 0 Å². The second kappa shape index (κ2) is 7.07. The number of sulfonamides is 1. The molecule has 1 aromatic carbocycles. The molecule has 0 spiro atoms. The second-order valence-electron chi connectivity index (χ2n) is 6.52. The first-order valence-electron chi connectivity index (χ1n) is 8.52. The lowest BCUT2D eigenvalue weighted by molar-refractivity contribution is -0.131. The molecule has 1 aliphatic heterocycles. The van der Waals surface area contributed by atoms with Crippen LogP contribution in [0.3, 0.4) is 0 Å². The van der Waals surface area contributed by atoms with Gasteiger partial charge in [-0.15, -0.1) is 0 Å². The molecule has 1 N–H and O–H groups in total. The Kier molecular flexibility index (Phi) is 5.06. The third kappa shape index (κ3) is 3.70. The third-order valence-electron chi connectivity index (χ3n) is 4.81. The molecular weight excluding hydrogens is 324 g/mol. The summed E-state index contributed by atoms with van der Waals surface area (Å²) in [6.07, 6.45) is 7.80. The second-order valence-corrected chi connectivity index (χ2v) is 8.23. The van der Waals surface area contributed by atoms with E-state index in [1.54, 1.807) is 17.0 Å². The third-order valence-corrected chi connectivity index (χ3v) is 6.33. The van der Waals surface area contributed by atoms with E-state index in [9.17, 15) is 13.2 Å². The highest BCUT2D eigenvalue weighted by Crippen LogP contribution is 2.25. The van der Waals surface area contributed by atoms with Gasteiger partial charge in [-0.3, -0.25) is 4.79 Å². The van der Waals surface area contributed by atoms with E-state index >= 15 is 0 Å². The van der Waals surface area contributed by atoms with Crippen molar-refractivity contribution in [3.63, 3.8) is 0 Å². The molecule has 130 valence electrons. The highest BCUT2D eigenvalue weighted by atomic mass is 32.2. The zero-order chi connectivity index (χ0) is 17.2. The van der Waals surface area contributed by atoms with Crippen LogP contribution in [0, 0.1) is 0 Å². The summed E-state index contributed by atoms with van der Waals surface area (Å²) in [5.74, 6) is 0.0830. The van der Waals surface area contributed by atoms with Crippen molar-refractivity contribution >= 4 is 15.9 Å². The summed E-state index contributed by atoms with van der Waals surface area (Å²) >= 11 is 0. The Balaban J connectivity index is 1.76. The molecule has 2 aliphatic rings. The maximum absolute atomic E-state index is 12.5. The summed E-state index contributed by atoms with van der Waals surface area (Å²) < 4.78 is 27.7. The predicted molar refractivity (Wildman–Crippen MR) is 93.0 cm³/mol. The zero-order valence-electron chi connectivity index (χ0n) is 14.0. The van der Waals surface area contributed by atoms with E-state index in [0.29, 0.717) is 24.4 Å².